The summed E-state index contributed by atoms with van der Waals surface area (Å²) in [7, 11) is 0. The van der Waals surface area contributed by atoms with Crippen LogP contribution in [-0.4, -0.2) is 47.3 Å². The summed E-state index contributed by atoms with van der Waals surface area (Å²) < 4.78 is 5.00. The Hall–Kier alpha value is -3.48. The van der Waals surface area contributed by atoms with Gasteiger partial charge in [-0.25, -0.2) is 4.79 Å². The number of hydrogen-bond acceptors (Lipinski definition) is 5. The molecule has 0 atom stereocenters. The zero-order chi connectivity index (χ0) is 21.0. The van der Waals surface area contributed by atoms with Gasteiger partial charge in [-0.1, -0.05) is 54.6 Å². The van der Waals surface area contributed by atoms with E-state index < -0.39 is 30.1 Å². The Balaban J connectivity index is 1.48. The summed E-state index contributed by atoms with van der Waals surface area (Å²) in [6.45, 7) is 2.70. The molecule has 0 radical (unpaired) electrons. The molecule has 2 aromatic rings. The monoisotopic (exact) mass is 394 g/mol. The van der Waals surface area contributed by atoms with Crippen LogP contribution >= 0.6 is 0 Å². The van der Waals surface area contributed by atoms with Crippen LogP contribution in [0.1, 0.15) is 30.6 Å². The van der Waals surface area contributed by atoms with Gasteiger partial charge in [0.05, 0.1) is 6.42 Å². The summed E-state index contributed by atoms with van der Waals surface area (Å²) in [6.07, 6.45) is -0.171. The molecule has 0 aromatic heterocycles. The van der Waals surface area contributed by atoms with Crippen LogP contribution in [0.5, 0.6) is 0 Å². The van der Waals surface area contributed by atoms with E-state index in [0.717, 1.165) is 16.0 Å². The van der Waals surface area contributed by atoms with Crippen molar-refractivity contribution in [2.24, 2.45) is 0 Å². The van der Waals surface area contributed by atoms with Gasteiger partial charge in [-0.15, -0.1) is 0 Å². The van der Waals surface area contributed by atoms with Crippen LogP contribution in [0.15, 0.2) is 54.6 Å². The highest BCUT2D eigenvalue weighted by molar-refractivity contribution is 6.06. The first kappa shape index (κ1) is 20.3. The van der Waals surface area contributed by atoms with Crippen LogP contribution < -0.4 is 5.32 Å². The molecule has 29 heavy (non-hydrogen) atoms. The maximum absolute atomic E-state index is 12.2. The molecule has 1 aliphatic heterocycles. The minimum atomic E-state index is -0.983. The molecule has 0 bridgehead atoms. The fraction of sp³-hybridized carbons (Fsp3) is 0.273. The molecule has 7 nitrogen and oxygen atoms in total. The third kappa shape index (κ3) is 4.68. The maximum Gasteiger partial charge on any atom is 0.325 e. The smallest absolute Gasteiger partial charge is 0.325 e. The van der Waals surface area contributed by atoms with Crippen LogP contribution in [0.3, 0.4) is 0 Å². The van der Waals surface area contributed by atoms with Crippen molar-refractivity contribution in [2.75, 3.05) is 13.2 Å². The van der Waals surface area contributed by atoms with Gasteiger partial charge in [0.2, 0.25) is 0 Å². The number of urea groups is 1. The van der Waals surface area contributed by atoms with Crippen LogP contribution in [0, 0.1) is 0 Å². The van der Waals surface area contributed by atoms with Crippen molar-refractivity contribution in [3.63, 3.8) is 0 Å². The van der Waals surface area contributed by atoms with Crippen molar-refractivity contribution >= 4 is 23.7 Å². The van der Waals surface area contributed by atoms with Gasteiger partial charge >= 0.3 is 12.0 Å². The third-order valence-corrected chi connectivity index (χ3v) is 4.66. The first-order chi connectivity index (χ1) is 13.8. The summed E-state index contributed by atoms with van der Waals surface area (Å²) in [5, 5.41) is 2.54. The standard InChI is InChI=1S/C22H22N2O5/c1-22(2)20(27)24(21(28)23-22)13-12-19(26)29-14-18(25)17-10-8-16(9-11-17)15-6-4-3-5-7-15/h3-11H,12-14H2,1-2H3,(H,23,28). The summed E-state index contributed by atoms with van der Waals surface area (Å²) in [5.41, 5.74) is 1.48. The molecule has 2 aromatic carbocycles. The topological polar surface area (TPSA) is 92.8 Å². The average molecular weight is 394 g/mol. The van der Waals surface area contributed by atoms with Crippen LogP contribution in [-0.2, 0) is 14.3 Å². The second kappa shape index (κ2) is 8.26. The van der Waals surface area contributed by atoms with Gasteiger partial charge < -0.3 is 10.1 Å². The number of ketones is 1. The highest BCUT2D eigenvalue weighted by Crippen LogP contribution is 2.19. The molecule has 1 heterocycles. The predicted molar refractivity (Wildman–Crippen MR) is 106 cm³/mol. The molecular weight excluding hydrogens is 372 g/mol. The molecule has 1 saturated heterocycles. The van der Waals surface area contributed by atoms with E-state index in [4.69, 9.17) is 4.74 Å². The van der Waals surface area contributed by atoms with Crippen LogP contribution in [0.2, 0.25) is 0 Å². The molecule has 1 aliphatic rings. The van der Waals surface area contributed by atoms with Gasteiger partial charge in [-0.05, 0) is 25.0 Å². The molecule has 1 N–H and O–H groups in total. The molecule has 0 spiro atoms. The van der Waals surface area contributed by atoms with E-state index in [9.17, 15) is 19.2 Å². The number of hydrogen-bond donors (Lipinski definition) is 1. The SMILES string of the molecule is CC1(C)NC(=O)N(CCC(=O)OCC(=O)c2ccc(-c3ccccc3)cc2)C1=O. The predicted octanol–water partition coefficient (Wildman–Crippen LogP) is 2.80. The Kier molecular flexibility index (Phi) is 5.77. The van der Waals surface area contributed by atoms with Crippen molar-refractivity contribution in [3.05, 3.63) is 60.2 Å². The molecule has 1 fully saturated rings. The van der Waals surface area contributed by atoms with E-state index in [-0.39, 0.29) is 18.7 Å². The lowest BCUT2D eigenvalue weighted by Crippen LogP contribution is -2.40. The average Bonchev–Trinajstić information content (AvgIpc) is 2.92. The molecule has 0 unspecified atom stereocenters. The van der Waals surface area contributed by atoms with E-state index in [1.165, 1.54) is 0 Å². The number of Topliss-reactive ketones (excluding diaryl/α,β-unsaturated/α-hetero) is 1. The van der Waals surface area contributed by atoms with Crippen molar-refractivity contribution < 1.29 is 23.9 Å². The van der Waals surface area contributed by atoms with Crippen LogP contribution in [0.4, 0.5) is 4.79 Å². The summed E-state index contributed by atoms with van der Waals surface area (Å²) in [4.78, 5) is 49.0. The third-order valence-electron chi connectivity index (χ3n) is 4.66. The maximum atomic E-state index is 12.2. The normalized spacial score (nSPS) is 15.2. The fourth-order valence-corrected chi connectivity index (χ4v) is 3.00. The Morgan fingerprint density at radius 1 is 0.966 bits per heavy atom. The minimum Gasteiger partial charge on any atom is -0.457 e. The molecule has 0 saturated carbocycles. The molecule has 150 valence electrons. The van der Waals surface area contributed by atoms with Crippen molar-refractivity contribution in [2.45, 2.75) is 25.8 Å². The number of amides is 3. The number of carbonyl (C=O) groups is 4. The number of esters is 1. The van der Waals surface area contributed by atoms with Crippen molar-refractivity contribution in [3.8, 4) is 11.1 Å². The summed E-state index contributed by atoms with van der Waals surface area (Å²) >= 11 is 0. The number of nitrogens with one attached hydrogen (secondary N) is 1. The van der Waals surface area contributed by atoms with E-state index in [0.29, 0.717) is 5.56 Å². The molecular formula is C22H22N2O5. The second-order valence-corrected chi connectivity index (χ2v) is 7.29. The lowest BCUT2D eigenvalue weighted by atomic mass is 10.0. The van der Waals surface area contributed by atoms with Gasteiger partial charge in [0, 0.05) is 12.1 Å². The Morgan fingerprint density at radius 3 is 2.17 bits per heavy atom. The summed E-state index contributed by atoms with van der Waals surface area (Å²) in [6, 6.07) is 16.3. The van der Waals surface area contributed by atoms with E-state index in [1.54, 1.807) is 26.0 Å². The van der Waals surface area contributed by atoms with Gasteiger partial charge in [0.25, 0.3) is 5.91 Å². The lowest BCUT2D eigenvalue weighted by molar-refractivity contribution is -0.143. The van der Waals surface area contributed by atoms with Gasteiger partial charge in [-0.2, -0.15) is 0 Å². The number of ether oxygens (including phenoxy) is 1. The molecule has 3 rings (SSSR count). The van der Waals surface area contributed by atoms with E-state index in [2.05, 4.69) is 5.32 Å². The van der Waals surface area contributed by atoms with Crippen molar-refractivity contribution in [1.29, 1.82) is 0 Å². The zero-order valence-electron chi connectivity index (χ0n) is 16.3. The first-order valence-corrected chi connectivity index (χ1v) is 9.26. The minimum absolute atomic E-state index is 0.0904. The highest BCUT2D eigenvalue weighted by atomic mass is 16.5. The largest absolute Gasteiger partial charge is 0.457 e. The van der Waals surface area contributed by atoms with Gasteiger partial charge in [0.1, 0.15) is 5.54 Å². The second-order valence-electron chi connectivity index (χ2n) is 7.29. The Bertz CT molecular complexity index is 935. The lowest BCUT2D eigenvalue weighted by Gasteiger charge is -2.15. The van der Waals surface area contributed by atoms with Gasteiger partial charge in [0.15, 0.2) is 12.4 Å². The Morgan fingerprint density at radius 2 is 1.59 bits per heavy atom. The van der Waals surface area contributed by atoms with Crippen LogP contribution in [0.25, 0.3) is 11.1 Å². The van der Waals surface area contributed by atoms with E-state index in [1.807, 2.05) is 42.5 Å². The Labute approximate surface area is 168 Å². The summed E-state index contributed by atoms with van der Waals surface area (Å²) in [5.74, 6) is -1.37. The molecule has 7 heteroatoms. The van der Waals surface area contributed by atoms with Crippen molar-refractivity contribution in [1.82, 2.24) is 10.2 Å². The molecule has 3 amide bonds. The quantitative estimate of drug-likeness (QED) is 0.443. The molecule has 0 aliphatic carbocycles. The highest BCUT2D eigenvalue weighted by Gasteiger charge is 2.44. The van der Waals surface area contributed by atoms with Gasteiger partial charge in [-0.3, -0.25) is 19.3 Å². The first-order valence-electron chi connectivity index (χ1n) is 9.26. The number of nitrogens with zero attached hydrogens (tertiary/aromatic N) is 1. The number of benzene rings is 2. The number of carbonyl (C=O) groups excluding carboxylic acids is 4. The van der Waals surface area contributed by atoms with E-state index >= 15 is 0 Å². The number of rotatable bonds is 7. The number of imide groups is 1. The zero-order valence-corrected chi connectivity index (χ0v) is 16.3. The fourth-order valence-electron chi connectivity index (χ4n) is 3.00.